The molecular formula is C12H13F4NO3S. The van der Waals surface area contributed by atoms with Gasteiger partial charge in [0.05, 0.1) is 5.56 Å². The number of halogens is 4. The predicted octanol–water partition coefficient (Wildman–Crippen LogP) is 1.85. The minimum atomic E-state index is -4.74. The maximum atomic E-state index is 13.8. The first-order chi connectivity index (χ1) is 9.66. The molecule has 0 aliphatic carbocycles. The van der Waals surface area contributed by atoms with E-state index in [-0.39, 0.29) is 31.7 Å². The Morgan fingerprint density at radius 3 is 2.48 bits per heavy atom. The SMILES string of the molecule is O=S(=O)(c1ccc(C(F)(F)F)cc1F)N1CCC(CO)C1. The predicted molar refractivity (Wildman–Crippen MR) is 65.4 cm³/mol. The number of sulfonamides is 1. The first kappa shape index (κ1) is 16.2. The van der Waals surface area contributed by atoms with Crippen LogP contribution >= 0.6 is 0 Å². The average molecular weight is 327 g/mol. The van der Waals surface area contributed by atoms with Gasteiger partial charge >= 0.3 is 6.18 Å². The molecule has 0 spiro atoms. The molecule has 1 unspecified atom stereocenters. The molecule has 0 aromatic heterocycles. The maximum absolute atomic E-state index is 13.8. The minimum absolute atomic E-state index is 0.0271. The van der Waals surface area contributed by atoms with Crippen molar-refractivity contribution in [2.24, 2.45) is 5.92 Å². The monoisotopic (exact) mass is 327 g/mol. The Labute approximate surface area is 119 Å². The summed E-state index contributed by atoms with van der Waals surface area (Å²) in [7, 11) is -4.19. The normalized spacial score (nSPS) is 20.9. The lowest BCUT2D eigenvalue weighted by Gasteiger charge is -2.17. The summed E-state index contributed by atoms with van der Waals surface area (Å²) in [5.74, 6) is -1.67. The molecule has 0 amide bonds. The van der Waals surface area contributed by atoms with Crippen LogP contribution in [0.15, 0.2) is 23.1 Å². The number of nitrogens with zero attached hydrogens (tertiary/aromatic N) is 1. The maximum Gasteiger partial charge on any atom is 0.416 e. The van der Waals surface area contributed by atoms with Crippen molar-refractivity contribution in [3.05, 3.63) is 29.6 Å². The Kier molecular flexibility index (Phi) is 4.27. The van der Waals surface area contributed by atoms with Crippen LogP contribution in [0.5, 0.6) is 0 Å². The van der Waals surface area contributed by atoms with Crippen molar-refractivity contribution in [3.8, 4) is 0 Å². The van der Waals surface area contributed by atoms with Gasteiger partial charge in [0.15, 0.2) is 0 Å². The second-order valence-corrected chi connectivity index (χ2v) is 6.75. The molecule has 1 atom stereocenters. The van der Waals surface area contributed by atoms with E-state index in [0.29, 0.717) is 18.6 Å². The molecule has 0 saturated carbocycles. The molecule has 1 aromatic rings. The lowest BCUT2D eigenvalue weighted by atomic mass is 10.1. The summed E-state index contributed by atoms with van der Waals surface area (Å²) in [5.41, 5.74) is -1.24. The molecule has 2 rings (SSSR count). The van der Waals surface area contributed by atoms with Gasteiger partial charge in [0.25, 0.3) is 0 Å². The highest BCUT2D eigenvalue weighted by atomic mass is 32.2. The second-order valence-electron chi connectivity index (χ2n) is 4.84. The van der Waals surface area contributed by atoms with E-state index in [1.54, 1.807) is 0 Å². The van der Waals surface area contributed by atoms with Gasteiger partial charge in [-0.25, -0.2) is 12.8 Å². The van der Waals surface area contributed by atoms with Crippen LogP contribution in [0.1, 0.15) is 12.0 Å². The zero-order valence-electron chi connectivity index (χ0n) is 10.8. The van der Waals surface area contributed by atoms with Gasteiger partial charge in [-0.2, -0.15) is 17.5 Å². The average Bonchev–Trinajstić information content (AvgIpc) is 2.86. The molecule has 21 heavy (non-hydrogen) atoms. The molecule has 118 valence electrons. The molecule has 1 aromatic carbocycles. The fourth-order valence-electron chi connectivity index (χ4n) is 2.19. The summed E-state index contributed by atoms with van der Waals surface area (Å²) < 4.78 is 76.4. The number of aliphatic hydroxyl groups is 1. The first-order valence-corrected chi connectivity index (χ1v) is 7.58. The third-order valence-electron chi connectivity index (χ3n) is 3.38. The highest BCUT2D eigenvalue weighted by Gasteiger charge is 2.36. The fraction of sp³-hybridized carbons (Fsp3) is 0.500. The third kappa shape index (κ3) is 3.19. The van der Waals surface area contributed by atoms with Gasteiger partial charge in [-0.05, 0) is 30.5 Å². The van der Waals surface area contributed by atoms with E-state index < -0.39 is 32.5 Å². The highest BCUT2D eigenvalue weighted by molar-refractivity contribution is 7.89. The van der Waals surface area contributed by atoms with Gasteiger partial charge < -0.3 is 5.11 Å². The molecule has 1 aliphatic rings. The van der Waals surface area contributed by atoms with Crippen molar-refractivity contribution < 1.29 is 31.1 Å². The summed E-state index contributed by atoms with van der Waals surface area (Å²) in [4.78, 5) is -0.783. The van der Waals surface area contributed by atoms with Crippen molar-refractivity contribution in [1.29, 1.82) is 0 Å². The second kappa shape index (κ2) is 5.54. The Morgan fingerprint density at radius 1 is 1.33 bits per heavy atom. The van der Waals surface area contributed by atoms with Crippen LogP contribution in [-0.4, -0.2) is 37.5 Å². The molecule has 0 radical (unpaired) electrons. The number of alkyl halides is 3. The molecule has 9 heteroatoms. The van der Waals surface area contributed by atoms with Crippen LogP contribution in [0, 0.1) is 11.7 Å². The Balaban J connectivity index is 2.33. The number of rotatable bonds is 3. The molecule has 4 nitrogen and oxygen atoms in total. The summed E-state index contributed by atoms with van der Waals surface area (Å²) in [6, 6.07) is 1.34. The van der Waals surface area contributed by atoms with Crippen molar-refractivity contribution in [2.45, 2.75) is 17.5 Å². The van der Waals surface area contributed by atoms with Gasteiger partial charge in [-0.15, -0.1) is 0 Å². The van der Waals surface area contributed by atoms with Gasteiger partial charge in [-0.1, -0.05) is 0 Å². The van der Waals surface area contributed by atoms with Crippen LogP contribution < -0.4 is 0 Å². The van der Waals surface area contributed by atoms with Crippen LogP contribution in [0.2, 0.25) is 0 Å². The molecule has 1 N–H and O–H groups in total. The van der Waals surface area contributed by atoms with Crippen LogP contribution in [-0.2, 0) is 16.2 Å². The summed E-state index contributed by atoms with van der Waals surface area (Å²) >= 11 is 0. The minimum Gasteiger partial charge on any atom is -0.396 e. The fourth-order valence-corrected chi connectivity index (χ4v) is 3.77. The van der Waals surface area contributed by atoms with E-state index in [1.807, 2.05) is 0 Å². The molecule has 0 bridgehead atoms. The van der Waals surface area contributed by atoms with Crippen molar-refractivity contribution >= 4 is 10.0 Å². The van der Waals surface area contributed by atoms with E-state index in [2.05, 4.69) is 0 Å². The van der Waals surface area contributed by atoms with Gasteiger partial charge in [0, 0.05) is 19.7 Å². The Bertz CT molecular complexity index is 630. The van der Waals surface area contributed by atoms with E-state index in [4.69, 9.17) is 5.11 Å². The number of hydrogen-bond acceptors (Lipinski definition) is 3. The molecule has 1 saturated heterocycles. The quantitative estimate of drug-likeness (QED) is 0.862. The number of benzene rings is 1. The van der Waals surface area contributed by atoms with Crippen LogP contribution in [0.3, 0.4) is 0 Å². The largest absolute Gasteiger partial charge is 0.416 e. The molecular weight excluding hydrogens is 314 g/mol. The smallest absolute Gasteiger partial charge is 0.396 e. The highest BCUT2D eigenvalue weighted by Crippen LogP contribution is 2.32. The van der Waals surface area contributed by atoms with Gasteiger partial charge in [0.1, 0.15) is 10.7 Å². The zero-order valence-corrected chi connectivity index (χ0v) is 11.6. The molecule has 1 heterocycles. The number of hydrogen-bond donors (Lipinski definition) is 1. The summed E-state index contributed by atoms with van der Waals surface area (Å²) in [6.07, 6.45) is -4.31. The van der Waals surface area contributed by atoms with Gasteiger partial charge in [0.2, 0.25) is 10.0 Å². The standard InChI is InChI=1S/C12H13F4NO3S/c13-10-5-9(12(14,15)16)1-2-11(10)21(19,20)17-4-3-8(6-17)7-18/h1-2,5,8,18H,3-4,6-7H2. The van der Waals surface area contributed by atoms with E-state index in [9.17, 15) is 26.0 Å². The van der Waals surface area contributed by atoms with E-state index >= 15 is 0 Å². The lowest BCUT2D eigenvalue weighted by molar-refractivity contribution is -0.137. The van der Waals surface area contributed by atoms with Crippen molar-refractivity contribution in [1.82, 2.24) is 4.31 Å². The Morgan fingerprint density at radius 2 is 2.00 bits per heavy atom. The first-order valence-electron chi connectivity index (χ1n) is 6.14. The molecule has 1 aliphatic heterocycles. The van der Waals surface area contributed by atoms with Crippen molar-refractivity contribution in [2.75, 3.05) is 19.7 Å². The zero-order chi connectivity index (χ0) is 15.8. The third-order valence-corrected chi connectivity index (χ3v) is 5.28. The van der Waals surface area contributed by atoms with Crippen LogP contribution in [0.25, 0.3) is 0 Å². The lowest BCUT2D eigenvalue weighted by Crippen LogP contribution is -2.30. The summed E-state index contributed by atoms with van der Waals surface area (Å²) in [5, 5.41) is 8.98. The number of aliphatic hydroxyl groups excluding tert-OH is 1. The van der Waals surface area contributed by atoms with Crippen molar-refractivity contribution in [3.63, 3.8) is 0 Å². The van der Waals surface area contributed by atoms with Gasteiger partial charge in [-0.3, -0.25) is 0 Å². The summed E-state index contributed by atoms with van der Waals surface area (Å²) in [6.45, 7) is -0.0607. The van der Waals surface area contributed by atoms with E-state index in [1.165, 1.54) is 0 Å². The van der Waals surface area contributed by atoms with E-state index in [0.717, 1.165) is 4.31 Å². The Hall–Kier alpha value is -1.19. The molecule has 1 fully saturated rings. The van der Waals surface area contributed by atoms with Crippen LogP contribution in [0.4, 0.5) is 17.6 Å². The topological polar surface area (TPSA) is 57.6 Å².